The van der Waals surface area contributed by atoms with E-state index in [4.69, 9.17) is 16.3 Å². The Kier molecular flexibility index (Phi) is 5.58. The van der Waals surface area contributed by atoms with E-state index in [1.165, 1.54) is 17.0 Å². The molecule has 1 aliphatic heterocycles. The minimum atomic E-state index is -0.697. The molecule has 1 heterocycles. The highest BCUT2D eigenvalue weighted by Gasteiger charge is 2.59. The van der Waals surface area contributed by atoms with Gasteiger partial charge in [-0.15, -0.1) is 0 Å². The Bertz CT molecular complexity index is 1180. The molecule has 2 fully saturated rings. The SMILES string of the molecule is O=C(COC(=O)c1ccc(N2C(=O)[C@@H]3[C@@H](C2=O)[C@H]2C=C[C@H]3C2)cc1)Nc1ccc(Br)cc1Cl. The molecule has 1 N–H and O–H groups in total. The Morgan fingerprint density at radius 1 is 1.03 bits per heavy atom. The summed E-state index contributed by atoms with van der Waals surface area (Å²) in [5.74, 6) is -1.89. The van der Waals surface area contributed by atoms with Gasteiger partial charge in [0.15, 0.2) is 6.61 Å². The molecule has 5 rings (SSSR count). The number of amides is 3. The van der Waals surface area contributed by atoms with Crippen molar-refractivity contribution < 1.29 is 23.9 Å². The van der Waals surface area contributed by atoms with E-state index in [1.807, 2.05) is 12.2 Å². The fourth-order valence-electron chi connectivity index (χ4n) is 4.89. The van der Waals surface area contributed by atoms with Crippen molar-refractivity contribution in [3.63, 3.8) is 0 Å². The lowest BCUT2D eigenvalue weighted by Crippen LogP contribution is -2.32. The van der Waals surface area contributed by atoms with Crippen LogP contribution in [0.5, 0.6) is 0 Å². The lowest BCUT2D eigenvalue weighted by Gasteiger charge is -2.17. The Morgan fingerprint density at radius 3 is 2.27 bits per heavy atom. The summed E-state index contributed by atoms with van der Waals surface area (Å²) < 4.78 is 5.84. The van der Waals surface area contributed by atoms with Gasteiger partial charge in [-0.1, -0.05) is 39.7 Å². The third kappa shape index (κ3) is 3.87. The minimum Gasteiger partial charge on any atom is -0.452 e. The number of nitrogens with zero attached hydrogens (tertiary/aromatic N) is 1. The molecule has 2 aromatic rings. The fraction of sp³-hybridized carbons (Fsp3) is 0.250. The van der Waals surface area contributed by atoms with E-state index < -0.39 is 18.5 Å². The zero-order valence-electron chi connectivity index (χ0n) is 17.2. The maximum Gasteiger partial charge on any atom is 0.338 e. The summed E-state index contributed by atoms with van der Waals surface area (Å²) in [5, 5.41) is 2.92. The Balaban J connectivity index is 1.20. The molecule has 33 heavy (non-hydrogen) atoms. The normalized spacial score (nSPS) is 24.8. The highest BCUT2D eigenvalue weighted by Crippen LogP contribution is 2.53. The Morgan fingerprint density at radius 2 is 1.67 bits per heavy atom. The number of fused-ring (bicyclic) bond motifs is 5. The maximum absolute atomic E-state index is 12.9. The number of carbonyl (C=O) groups is 4. The quantitative estimate of drug-likeness (QED) is 0.356. The van der Waals surface area contributed by atoms with Crippen molar-refractivity contribution in [2.45, 2.75) is 6.42 Å². The van der Waals surface area contributed by atoms with Gasteiger partial charge < -0.3 is 10.1 Å². The molecule has 3 aliphatic rings. The van der Waals surface area contributed by atoms with Crippen molar-refractivity contribution in [1.82, 2.24) is 0 Å². The summed E-state index contributed by atoms with van der Waals surface area (Å²) in [6.07, 6.45) is 4.95. The van der Waals surface area contributed by atoms with Crippen LogP contribution in [0.1, 0.15) is 16.8 Å². The van der Waals surface area contributed by atoms with Gasteiger partial charge in [0.2, 0.25) is 11.8 Å². The first-order chi connectivity index (χ1) is 15.8. The number of imide groups is 1. The second kappa shape index (κ2) is 8.43. The second-order valence-electron chi connectivity index (χ2n) is 8.31. The van der Waals surface area contributed by atoms with Gasteiger partial charge in [-0.05, 0) is 60.7 Å². The number of benzene rings is 2. The van der Waals surface area contributed by atoms with E-state index in [-0.39, 0.29) is 41.0 Å². The first-order valence-electron chi connectivity index (χ1n) is 10.4. The second-order valence-corrected chi connectivity index (χ2v) is 9.63. The number of halogens is 2. The van der Waals surface area contributed by atoms with E-state index in [2.05, 4.69) is 21.2 Å². The van der Waals surface area contributed by atoms with E-state index in [0.717, 1.165) is 10.9 Å². The molecule has 3 amide bonds. The number of carbonyl (C=O) groups excluding carboxylic acids is 4. The number of hydrogen-bond donors (Lipinski definition) is 1. The minimum absolute atomic E-state index is 0.133. The smallest absolute Gasteiger partial charge is 0.338 e. The van der Waals surface area contributed by atoms with Crippen molar-refractivity contribution in [1.29, 1.82) is 0 Å². The van der Waals surface area contributed by atoms with Gasteiger partial charge in [0, 0.05) is 4.47 Å². The first kappa shape index (κ1) is 21.9. The number of rotatable bonds is 5. The molecule has 9 heteroatoms. The molecule has 2 bridgehead atoms. The van der Waals surface area contributed by atoms with Gasteiger partial charge in [-0.25, -0.2) is 4.79 Å². The number of hydrogen-bond acceptors (Lipinski definition) is 5. The molecule has 4 atom stereocenters. The van der Waals surface area contributed by atoms with Crippen molar-refractivity contribution >= 4 is 62.6 Å². The van der Waals surface area contributed by atoms with Crippen LogP contribution in [0.3, 0.4) is 0 Å². The van der Waals surface area contributed by atoms with Crippen LogP contribution in [0, 0.1) is 23.7 Å². The van der Waals surface area contributed by atoms with Gasteiger partial charge in [-0.3, -0.25) is 19.3 Å². The molecule has 0 aromatic heterocycles. The molecule has 2 aliphatic carbocycles. The lowest BCUT2D eigenvalue weighted by atomic mass is 9.85. The lowest BCUT2D eigenvalue weighted by molar-refractivity contribution is -0.123. The predicted octanol–water partition coefficient (Wildman–Crippen LogP) is 4.21. The summed E-state index contributed by atoms with van der Waals surface area (Å²) in [6, 6.07) is 11.0. The molecule has 168 valence electrons. The van der Waals surface area contributed by atoms with Crippen LogP contribution in [0.2, 0.25) is 5.02 Å². The Labute approximate surface area is 202 Å². The summed E-state index contributed by atoms with van der Waals surface area (Å²) in [7, 11) is 0. The summed E-state index contributed by atoms with van der Waals surface area (Å²) >= 11 is 9.35. The summed E-state index contributed by atoms with van der Waals surface area (Å²) in [6.45, 7) is -0.491. The first-order valence-corrected chi connectivity index (χ1v) is 11.6. The van der Waals surface area contributed by atoms with Gasteiger partial charge in [-0.2, -0.15) is 0 Å². The summed E-state index contributed by atoms with van der Waals surface area (Å²) in [5.41, 5.74) is 1.03. The average Bonchev–Trinajstić information content (AvgIpc) is 3.48. The number of ether oxygens (including phenoxy) is 1. The molecular weight excluding hydrogens is 512 g/mol. The van der Waals surface area contributed by atoms with Crippen LogP contribution in [0.25, 0.3) is 0 Å². The molecule has 7 nitrogen and oxygen atoms in total. The molecular formula is C24H18BrClN2O5. The summed E-state index contributed by atoms with van der Waals surface area (Å²) in [4.78, 5) is 51.5. The van der Waals surface area contributed by atoms with E-state index in [9.17, 15) is 19.2 Å². The molecule has 1 saturated carbocycles. The van der Waals surface area contributed by atoms with Crippen LogP contribution in [0.4, 0.5) is 11.4 Å². The van der Waals surface area contributed by atoms with Crippen molar-refractivity contribution in [2.75, 3.05) is 16.8 Å². The number of nitrogens with one attached hydrogen (secondary N) is 1. The molecule has 2 aromatic carbocycles. The third-order valence-corrected chi connectivity index (χ3v) is 7.18. The number of allylic oxidation sites excluding steroid dienone is 2. The van der Waals surface area contributed by atoms with Crippen LogP contribution in [0.15, 0.2) is 59.1 Å². The fourth-order valence-corrected chi connectivity index (χ4v) is 5.62. The number of esters is 1. The van der Waals surface area contributed by atoms with Crippen LogP contribution in [-0.2, 0) is 19.1 Å². The van der Waals surface area contributed by atoms with E-state index >= 15 is 0 Å². The number of anilines is 2. The zero-order chi connectivity index (χ0) is 23.3. The van der Waals surface area contributed by atoms with Gasteiger partial charge in [0.05, 0.1) is 33.8 Å². The zero-order valence-corrected chi connectivity index (χ0v) is 19.5. The molecule has 0 radical (unpaired) electrons. The largest absolute Gasteiger partial charge is 0.452 e. The van der Waals surface area contributed by atoms with Gasteiger partial charge >= 0.3 is 5.97 Å². The topological polar surface area (TPSA) is 92.8 Å². The van der Waals surface area contributed by atoms with E-state index in [1.54, 1.807) is 30.3 Å². The van der Waals surface area contributed by atoms with Gasteiger partial charge in [0.1, 0.15) is 0 Å². The average molecular weight is 530 g/mol. The van der Waals surface area contributed by atoms with Crippen molar-refractivity contribution in [3.05, 3.63) is 69.7 Å². The van der Waals surface area contributed by atoms with Crippen LogP contribution in [-0.4, -0.2) is 30.3 Å². The predicted molar refractivity (Wildman–Crippen MR) is 125 cm³/mol. The van der Waals surface area contributed by atoms with Gasteiger partial charge in [0.25, 0.3) is 5.91 Å². The third-order valence-electron chi connectivity index (χ3n) is 6.37. The maximum atomic E-state index is 12.9. The monoisotopic (exact) mass is 528 g/mol. The highest BCUT2D eigenvalue weighted by atomic mass is 79.9. The van der Waals surface area contributed by atoms with Crippen molar-refractivity contribution in [3.8, 4) is 0 Å². The highest BCUT2D eigenvalue weighted by molar-refractivity contribution is 9.10. The molecule has 0 unspecified atom stereocenters. The molecule has 0 spiro atoms. The van der Waals surface area contributed by atoms with E-state index in [0.29, 0.717) is 16.4 Å². The van der Waals surface area contributed by atoms with Crippen LogP contribution < -0.4 is 10.2 Å². The van der Waals surface area contributed by atoms with Crippen molar-refractivity contribution in [2.24, 2.45) is 23.7 Å². The van der Waals surface area contributed by atoms with Crippen LogP contribution >= 0.6 is 27.5 Å². The molecule has 1 saturated heterocycles. The standard InChI is InChI=1S/C24H18BrClN2O5/c25-15-5-8-18(17(26)10-15)27-19(29)11-33-24(32)12-3-6-16(7-4-12)28-22(30)20-13-1-2-14(9-13)21(20)23(28)31/h1-8,10,13-14,20-21H,9,11H2,(H,27,29)/t13-,14-,20-,21-/m0/s1. The Hall–Kier alpha value is -2.97.